The quantitative estimate of drug-likeness (QED) is 0.876. The predicted octanol–water partition coefficient (Wildman–Crippen LogP) is 2.66. The molecule has 6 nitrogen and oxygen atoms in total. The van der Waals surface area contributed by atoms with E-state index in [1.54, 1.807) is 29.4 Å². The molecule has 1 aromatic carbocycles. The van der Waals surface area contributed by atoms with Crippen molar-refractivity contribution in [3.8, 4) is 0 Å². The summed E-state index contributed by atoms with van der Waals surface area (Å²) in [5.74, 6) is 0.480. The molecule has 1 aromatic heterocycles. The highest BCUT2D eigenvalue weighted by Crippen LogP contribution is 2.42. The number of nitrogens with zero attached hydrogens (tertiary/aromatic N) is 3. The van der Waals surface area contributed by atoms with Gasteiger partial charge in [0.25, 0.3) is 5.91 Å². The molecule has 2 aliphatic heterocycles. The Morgan fingerprint density at radius 3 is 2.89 bits per heavy atom. The molecule has 1 N–H and O–H groups in total. The Morgan fingerprint density at radius 2 is 2.15 bits per heavy atom. The van der Waals surface area contributed by atoms with E-state index < -0.39 is 5.82 Å². The average Bonchev–Trinajstić information content (AvgIpc) is 3.05. The van der Waals surface area contributed by atoms with Crippen molar-refractivity contribution in [2.45, 2.75) is 25.4 Å². The number of ether oxygens (including phenoxy) is 1. The maximum Gasteiger partial charge on any atom is 0.254 e. The van der Waals surface area contributed by atoms with Crippen molar-refractivity contribution in [1.29, 1.82) is 0 Å². The molecule has 2 fully saturated rings. The Labute approximate surface area is 157 Å². The van der Waals surface area contributed by atoms with Gasteiger partial charge in [0.05, 0.1) is 13.1 Å². The largest absolute Gasteiger partial charge is 0.371 e. The van der Waals surface area contributed by atoms with Crippen molar-refractivity contribution in [2.75, 3.05) is 31.6 Å². The number of carbonyl (C=O) groups excluding carboxylic acids is 1. The smallest absolute Gasteiger partial charge is 0.254 e. The van der Waals surface area contributed by atoms with Crippen LogP contribution in [0.5, 0.6) is 0 Å². The summed E-state index contributed by atoms with van der Waals surface area (Å²) in [5.41, 5.74) is 1.15. The topological polar surface area (TPSA) is 67.4 Å². The number of halogens is 1. The van der Waals surface area contributed by atoms with E-state index >= 15 is 0 Å². The van der Waals surface area contributed by atoms with Crippen LogP contribution >= 0.6 is 0 Å². The van der Waals surface area contributed by atoms with E-state index in [-0.39, 0.29) is 11.5 Å². The molecule has 1 unspecified atom stereocenters. The van der Waals surface area contributed by atoms with Crippen molar-refractivity contribution in [3.05, 3.63) is 53.6 Å². The van der Waals surface area contributed by atoms with Gasteiger partial charge in [-0.25, -0.2) is 14.4 Å². The summed E-state index contributed by atoms with van der Waals surface area (Å²) < 4.78 is 19.4. The molecular weight excluding hydrogens is 347 g/mol. The van der Waals surface area contributed by atoms with Crippen molar-refractivity contribution in [2.24, 2.45) is 5.92 Å². The highest BCUT2D eigenvalue weighted by Gasteiger charge is 2.54. The lowest BCUT2D eigenvalue weighted by Crippen LogP contribution is -2.66. The lowest BCUT2D eigenvalue weighted by Gasteiger charge is -2.50. The van der Waals surface area contributed by atoms with Crippen LogP contribution in [0.25, 0.3) is 0 Å². The van der Waals surface area contributed by atoms with Gasteiger partial charge < -0.3 is 15.0 Å². The lowest BCUT2D eigenvalue weighted by molar-refractivity contribution is -0.117. The number of aryl methyl sites for hydroxylation is 1. The molecule has 7 heteroatoms. The fourth-order valence-corrected chi connectivity index (χ4v) is 3.93. The third kappa shape index (κ3) is 3.64. The Morgan fingerprint density at radius 1 is 1.37 bits per heavy atom. The van der Waals surface area contributed by atoms with Gasteiger partial charge in [0.2, 0.25) is 5.95 Å². The first-order valence-corrected chi connectivity index (χ1v) is 9.27. The van der Waals surface area contributed by atoms with Crippen molar-refractivity contribution >= 4 is 11.9 Å². The minimum absolute atomic E-state index is 0.138. The Bertz CT molecular complexity index is 821. The summed E-state index contributed by atoms with van der Waals surface area (Å²) in [4.78, 5) is 22.8. The van der Waals surface area contributed by atoms with Gasteiger partial charge in [-0.1, -0.05) is 6.07 Å². The maximum absolute atomic E-state index is 13.4. The average molecular weight is 370 g/mol. The number of anilines is 1. The maximum atomic E-state index is 13.4. The molecule has 27 heavy (non-hydrogen) atoms. The summed E-state index contributed by atoms with van der Waals surface area (Å²) >= 11 is 0. The van der Waals surface area contributed by atoms with E-state index in [4.69, 9.17) is 4.74 Å². The predicted molar refractivity (Wildman–Crippen MR) is 99.0 cm³/mol. The molecule has 1 amide bonds. The van der Waals surface area contributed by atoms with Crippen LogP contribution in [-0.4, -0.2) is 52.6 Å². The van der Waals surface area contributed by atoms with Crippen molar-refractivity contribution in [1.82, 2.24) is 14.9 Å². The number of amides is 1. The minimum Gasteiger partial charge on any atom is -0.371 e. The number of nitrogens with one attached hydrogen (secondary N) is 1. The van der Waals surface area contributed by atoms with Crippen molar-refractivity contribution < 1.29 is 13.9 Å². The van der Waals surface area contributed by atoms with Gasteiger partial charge >= 0.3 is 0 Å². The molecule has 3 heterocycles. The van der Waals surface area contributed by atoms with Gasteiger partial charge in [-0.15, -0.1) is 0 Å². The van der Waals surface area contributed by atoms with Gasteiger partial charge in [-0.3, -0.25) is 4.79 Å². The molecule has 4 rings (SSSR count). The highest BCUT2D eigenvalue weighted by atomic mass is 19.1. The van der Waals surface area contributed by atoms with E-state index in [9.17, 15) is 9.18 Å². The van der Waals surface area contributed by atoms with Crippen molar-refractivity contribution in [3.63, 3.8) is 0 Å². The third-order valence-electron chi connectivity index (χ3n) is 5.43. The summed E-state index contributed by atoms with van der Waals surface area (Å²) in [6.07, 6.45) is 5.49. The van der Waals surface area contributed by atoms with Gasteiger partial charge in [0.15, 0.2) is 0 Å². The van der Waals surface area contributed by atoms with Crippen LogP contribution in [0.3, 0.4) is 0 Å². The lowest BCUT2D eigenvalue weighted by atomic mass is 9.78. The zero-order valence-electron chi connectivity index (χ0n) is 15.3. The summed E-state index contributed by atoms with van der Waals surface area (Å²) in [7, 11) is 0. The van der Waals surface area contributed by atoms with Gasteiger partial charge in [0.1, 0.15) is 11.4 Å². The molecule has 142 valence electrons. The van der Waals surface area contributed by atoms with E-state index in [1.807, 2.05) is 6.92 Å². The van der Waals surface area contributed by atoms with Crippen LogP contribution in [-0.2, 0) is 4.74 Å². The molecule has 2 aromatic rings. The first-order chi connectivity index (χ1) is 13.1. The van der Waals surface area contributed by atoms with E-state index in [2.05, 4.69) is 15.3 Å². The molecule has 1 spiro atoms. The standard InChI is InChI=1S/C20H23FN4O2/c1-14-10-23-19(24-11-14)22-7-5-16-6-8-27-20(16)12-25(13-20)18(26)15-3-2-4-17(21)9-15/h2-4,9-11,16H,5-8,12-13H2,1H3,(H,22,23,24). The van der Waals surface area contributed by atoms with Crippen LogP contribution in [0, 0.1) is 18.7 Å². The second kappa shape index (κ2) is 7.23. The van der Waals surface area contributed by atoms with Gasteiger partial charge in [-0.05, 0) is 49.4 Å². The van der Waals surface area contributed by atoms with E-state index in [1.165, 1.54) is 12.1 Å². The number of rotatable bonds is 5. The van der Waals surface area contributed by atoms with E-state index in [0.717, 1.165) is 24.9 Å². The van der Waals surface area contributed by atoms with Gasteiger partial charge in [-0.2, -0.15) is 0 Å². The summed E-state index contributed by atoms with van der Waals surface area (Å²) in [6, 6.07) is 5.84. The molecular formula is C20H23FN4O2. The molecule has 2 saturated heterocycles. The first kappa shape index (κ1) is 17.9. The summed E-state index contributed by atoms with van der Waals surface area (Å²) in [6.45, 7) is 4.56. The Kier molecular flexibility index (Phi) is 4.78. The fraction of sp³-hybridized carbons (Fsp3) is 0.450. The number of hydrogen-bond acceptors (Lipinski definition) is 5. The molecule has 0 radical (unpaired) electrons. The molecule has 2 aliphatic rings. The summed E-state index contributed by atoms with van der Waals surface area (Å²) in [5, 5.41) is 3.25. The highest BCUT2D eigenvalue weighted by molar-refractivity contribution is 5.95. The van der Waals surface area contributed by atoms with Crippen LogP contribution in [0.15, 0.2) is 36.7 Å². The first-order valence-electron chi connectivity index (χ1n) is 9.27. The third-order valence-corrected chi connectivity index (χ3v) is 5.43. The van der Waals surface area contributed by atoms with Crippen LogP contribution in [0.1, 0.15) is 28.8 Å². The number of hydrogen-bond donors (Lipinski definition) is 1. The number of likely N-dealkylation sites (tertiary alicyclic amines) is 1. The van der Waals surface area contributed by atoms with E-state index in [0.29, 0.717) is 37.1 Å². The van der Waals surface area contributed by atoms with Crippen LogP contribution in [0.4, 0.5) is 10.3 Å². The fourth-order valence-electron chi connectivity index (χ4n) is 3.93. The molecule has 0 saturated carbocycles. The second-order valence-electron chi connectivity index (χ2n) is 7.37. The second-order valence-corrected chi connectivity index (χ2v) is 7.37. The minimum atomic E-state index is -0.393. The molecule has 0 bridgehead atoms. The number of benzene rings is 1. The Hall–Kier alpha value is -2.54. The number of aromatic nitrogens is 2. The number of carbonyl (C=O) groups is 1. The van der Waals surface area contributed by atoms with Crippen LogP contribution < -0.4 is 5.32 Å². The van der Waals surface area contributed by atoms with Gasteiger partial charge in [0, 0.05) is 31.1 Å². The zero-order valence-corrected chi connectivity index (χ0v) is 15.3. The zero-order chi connectivity index (χ0) is 18.9. The normalized spacial score (nSPS) is 20.5. The molecule has 0 aliphatic carbocycles. The SMILES string of the molecule is Cc1cnc(NCCC2CCOC23CN(C(=O)c2cccc(F)c2)C3)nc1. The van der Waals surface area contributed by atoms with Crippen LogP contribution in [0.2, 0.25) is 0 Å². The molecule has 1 atom stereocenters. The Balaban J connectivity index is 1.31. The monoisotopic (exact) mass is 370 g/mol.